The first-order valence-electron chi connectivity index (χ1n) is 2.25. The minimum absolute atomic E-state index is 0. The molecule has 0 amide bonds. The van der Waals surface area contributed by atoms with Crippen molar-refractivity contribution in [2.45, 2.75) is 13.0 Å². The molecule has 1 unspecified atom stereocenters. The van der Waals surface area contributed by atoms with E-state index in [1.165, 1.54) is 6.92 Å². The molecule has 12 heavy (non-hydrogen) atoms. The van der Waals surface area contributed by atoms with Crippen LogP contribution in [0.5, 0.6) is 0 Å². The Hall–Kier alpha value is -0.181. The van der Waals surface area contributed by atoms with E-state index in [4.69, 9.17) is 27.7 Å². The summed E-state index contributed by atoms with van der Waals surface area (Å²) in [5.41, 5.74) is 0. The third-order valence-electron chi connectivity index (χ3n) is 0.357. The molecule has 9 heteroatoms. The summed E-state index contributed by atoms with van der Waals surface area (Å²) >= 11 is 0. The fourth-order valence-corrected chi connectivity index (χ4v) is 0. The fourth-order valence-electron chi connectivity index (χ4n) is 0. The van der Waals surface area contributed by atoms with Gasteiger partial charge in [-0.2, -0.15) is 8.42 Å². The predicted octanol–water partition coefficient (Wildman–Crippen LogP) is -1.20. The molecule has 7 nitrogen and oxygen atoms in total. The van der Waals surface area contributed by atoms with E-state index < -0.39 is 22.5 Å². The molecule has 0 rings (SSSR count). The quantitative estimate of drug-likeness (QED) is 0.340. The Morgan fingerprint density at radius 3 is 1.42 bits per heavy atom. The Morgan fingerprint density at radius 2 is 1.42 bits per heavy atom. The van der Waals surface area contributed by atoms with Gasteiger partial charge in [0.05, 0.1) is 0 Å². The summed E-state index contributed by atoms with van der Waals surface area (Å²) in [4.78, 5) is 9.45. The molecule has 0 aromatic carbocycles. The number of hydrogen-bond donors (Lipinski definition) is 4. The van der Waals surface area contributed by atoms with Gasteiger partial charge in [-0.05, 0) is 6.92 Å². The second kappa shape index (κ2) is 7.47. The van der Waals surface area contributed by atoms with Crippen LogP contribution in [0.25, 0.3) is 0 Å². The first-order valence-corrected chi connectivity index (χ1v) is 3.65. The Bertz CT molecular complexity index is 199. The minimum atomic E-state index is -4.67. The number of aliphatic hydroxyl groups is 1. The van der Waals surface area contributed by atoms with Crippen LogP contribution in [-0.2, 0) is 32.3 Å². The monoisotopic (exact) mass is 251 g/mol. The van der Waals surface area contributed by atoms with Crippen molar-refractivity contribution in [3.05, 3.63) is 0 Å². The standard InChI is InChI=1S/C3H6O3.Cu.H2O4S/c1-2(4)3(5)6;;1-5(2,3)4/h2,4H,1H3,(H,5,6);;(H2,1,2,3,4). The third kappa shape index (κ3) is 52.4. The Labute approximate surface area is 79.5 Å². The van der Waals surface area contributed by atoms with Crippen LogP contribution in [0.1, 0.15) is 6.92 Å². The summed E-state index contributed by atoms with van der Waals surface area (Å²) in [5, 5.41) is 15.8. The van der Waals surface area contributed by atoms with Gasteiger partial charge in [-0.25, -0.2) is 4.79 Å². The van der Waals surface area contributed by atoms with Gasteiger partial charge in [0.2, 0.25) is 0 Å². The van der Waals surface area contributed by atoms with Crippen molar-refractivity contribution >= 4 is 16.4 Å². The van der Waals surface area contributed by atoms with Crippen molar-refractivity contribution < 1.29 is 49.6 Å². The zero-order chi connectivity index (χ0) is 9.65. The Balaban J connectivity index is -0.000000126. The van der Waals surface area contributed by atoms with Crippen molar-refractivity contribution in [1.29, 1.82) is 0 Å². The number of carboxylic acids is 1. The van der Waals surface area contributed by atoms with Crippen molar-refractivity contribution in [2.75, 3.05) is 0 Å². The van der Waals surface area contributed by atoms with E-state index in [2.05, 4.69) is 0 Å². The van der Waals surface area contributed by atoms with Gasteiger partial charge in [0.1, 0.15) is 6.10 Å². The van der Waals surface area contributed by atoms with E-state index in [0.717, 1.165) is 0 Å². The predicted molar refractivity (Wildman–Crippen MR) is 33.5 cm³/mol. The molecule has 0 aliphatic heterocycles. The minimum Gasteiger partial charge on any atom is -0.479 e. The van der Waals surface area contributed by atoms with Crippen LogP contribution >= 0.6 is 0 Å². The molecule has 1 atom stereocenters. The van der Waals surface area contributed by atoms with Crippen molar-refractivity contribution in [2.24, 2.45) is 0 Å². The van der Waals surface area contributed by atoms with E-state index in [0.29, 0.717) is 0 Å². The van der Waals surface area contributed by atoms with Crippen LogP contribution in [-0.4, -0.2) is 39.8 Å². The average Bonchev–Trinajstić information content (AvgIpc) is 1.59. The van der Waals surface area contributed by atoms with Crippen LogP contribution in [0, 0.1) is 0 Å². The van der Waals surface area contributed by atoms with E-state index >= 15 is 0 Å². The molecule has 1 radical (unpaired) electrons. The summed E-state index contributed by atoms with van der Waals surface area (Å²) in [6.07, 6.45) is -1.23. The Morgan fingerprint density at radius 1 is 1.33 bits per heavy atom. The zero-order valence-corrected chi connectivity index (χ0v) is 7.56. The first kappa shape index (κ1) is 17.8. The number of aliphatic hydroxyl groups excluding tert-OH is 1. The molecule has 0 saturated carbocycles. The molecular formula is C3H8CuO7S. The summed E-state index contributed by atoms with van der Waals surface area (Å²) in [6, 6.07) is 0. The summed E-state index contributed by atoms with van der Waals surface area (Å²) in [6.45, 7) is 1.20. The molecule has 0 bridgehead atoms. The van der Waals surface area contributed by atoms with Gasteiger partial charge in [0, 0.05) is 17.1 Å². The van der Waals surface area contributed by atoms with E-state index in [1.54, 1.807) is 0 Å². The number of aliphatic carboxylic acids is 1. The van der Waals surface area contributed by atoms with E-state index in [9.17, 15) is 4.79 Å². The second-order valence-corrected chi connectivity index (χ2v) is 2.36. The molecule has 0 aromatic heterocycles. The summed E-state index contributed by atoms with van der Waals surface area (Å²) in [7, 11) is -4.67. The Kier molecular flexibility index (Phi) is 11.1. The summed E-state index contributed by atoms with van der Waals surface area (Å²) in [5.74, 6) is -1.19. The smallest absolute Gasteiger partial charge is 0.394 e. The van der Waals surface area contributed by atoms with E-state index in [-0.39, 0.29) is 17.1 Å². The molecule has 0 saturated heterocycles. The maximum Gasteiger partial charge on any atom is 0.394 e. The molecule has 0 aliphatic carbocycles. The van der Waals surface area contributed by atoms with Gasteiger partial charge in [-0.15, -0.1) is 0 Å². The van der Waals surface area contributed by atoms with Gasteiger partial charge in [-0.1, -0.05) is 0 Å². The third-order valence-corrected chi connectivity index (χ3v) is 0.357. The molecule has 0 fully saturated rings. The SMILES string of the molecule is CC(O)C(=O)O.O=S(=O)(O)O.[Cu]. The maximum atomic E-state index is 9.45. The number of rotatable bonds is 1. The molecule has 0 heterocycles. The molecule has 4 N–H and O–H groups in total. The van der Waals surface area contributed by atoms with Gasteiger partial charge in [0.15, 0.2) is 0 Å². The van der Waals surface area contributed by atoms with Gasteiger partial charge < -0.3 is 10.2 Å². The van der Waals surface area contributed by atoms with Crippen LogP contribution in [0.3, 0.4) is 0 Å². The first-order chi connectivity index (χ1) is 4.64. The van der Waals surface area contributed by atoms with E-state index in [1.807, 2.05) is 0 Å². The van der Waals surface area contributed by atoms with Crippen LogP contribution < -0.4 is 0 Å². The van der Waals surface area contributed by atoms with Gasteiger partial charge in [-0.3, -0.25) is 9.11 Å². The van der Waals surface area contributed by atoms with Gasteiger partial charge in [0.25, 0.3) is 0 Å². The van der Waals surface area contributed by atoms with Crippen molar-refractivity contribution in [3.8, 4) is 0 Å². The zero-order valence-electron chi connectivity index (χ0n) is 5.80. The molecule has 79 valence electrons. The van der Waals surface area contributed by atoms with Crippen molar-refractivity contribution in [1.82, 2.24) is 0 Å². The molecule has 0 aromatic rings. The van der Waals surface area contributed by atoms with Crippen LogP contribution in [0.4, 0.5) is 0 Å². The molecule has 0 spiro atoms. The number of carboxylic acid groups (broad SMARTS) is 1. The normalized spacial score (nSPS) is 11.7. The van der Waals surface area contributed by atoms with Crippen molar-refractivity contribution in [3.63, 3.8) is 0 Å². The topological polar surface area (TPSA) is 132 Å². The van der Waals surface area contributed by atoms with Crippen LogP contribution in [0.15, 0.2) is 0 Å². The molecular weight excluding hydrogens is 244 g/mol. The summed E-state index contributed by atoms with van der Waals surface area (Å²) < 4.78 is 31.6. The number of hydrogen-bond acceptors (Lipinski definition) is 4. The average molecular weight is 252 g/mol. The number of carbonyl (C=O) groups is 1. The fraction of sp³-hybridized carbons (Fsp3) is 0.667. The molecule has 0 aliphatic rings. The van der Waals surface area contributed by atoms with Crippen LogP contribution in [0.2, 0.25) is 0 Å². The maximum absolute atomic E-state index is 9.45. The second-order valence-electron chi connectivity index (χ2n) is 1.46. The largest absolute Gasteiger partial charge is 0.479 e. The van der Waals surface area contributed by atoms with Gasteiger partial charge >= 0.3 is 16.4 Å².